The number of nitrogens with zero attached hydrogens (tertiary/aromatic N) is 2. The molecular weight excluding hydrogens is 434 g/mol. The maximum absolute atomic E-state index is 13.1. The molecule has 1 atom stereocenters. The van der Waals surface area contributed by atoms with Crippen LogP contribution in [0.25, 0.3) is 21.3 Å². The van der Waals surface area contributed by atoms with Crippen molar-refractivity contribution in [2.75, 3.05) is 20.1 Å². The molecule has 1 unspecified atom stereocenters. The van der Waals surface area contributed by atoms with Crippen LogP contribution in [0, 0.1) is 19.8 Å². The molecule has 2 aromatic heterocycles. The highest BCUT2D eigenvalue weighted by Crippen LogP contribution is 2.41. The number of likely N-dealkylation sites (tertiary alicyclic amines) is 1. The molecule has 1 aromatic carbocycles. The fourth-order valence-corrected chi connectivity index (χ4v) is 6.36. The van der Waals surface area contributed by atoms with E-state index in [2.05, 4.69) is 27.2 Å². The van der Waals surface area contributed by atoms with Gasteiger partial charge in [0.1, 0.15) is 0 Å². The zero-order valence-electron chi connectivity index (χ0n) is 19.5. The topological polar surface area (TPSA) is 104 Å². The summed E-state index contributed by atoms with van der Waals surface area (Å²) in [6.07, 6.45) is 4.27. The second kappa shape index (κ2) is 8.57. The minimum absolute atomic E-state index is 0.0573. The maximum atomic E-state index is 13.1. The summed E-state index contributed by atoms with van der Waals surface area (Å²) in [6.45, 7) is 6.08. The van der Waals surface area contributed by atoms with E-state index in [1.54, 1.807) is 17.4 Å². The Kier molecular flexibility index (Phi) is 5.74. The lowest BCUT2D eigenvalue weighted by Gasteiger charge is -2.31. The average molecular weight is 466 g/mol. The van der Waals surface area contributed by atoms with E-state index in [1.807, 2.05) is 19.9 Å². The number of aromatic amines is 1. The number of primary amides is 1. The minimum atomic E-state index is -0.445. The van der Waals surface area contributed by atoms with Crippen LogP contribution in [0.5, 0.6) is 0 Å². The zero-order valence-corrected chi connectivity index (χ0v) is 20.3. The van der Waals surface area contributed by atoms with Crippen molar-refractivity contribution in [3.63, 3.8) is 0 Å². The number of aryl methyl sites for hydroxylation is 3. The molecule has 4 N–H and O–H groups in total. The van der Waals surface area contributed by atoms with Crippen LogP contribution in [0.15, 0.2) is 12.1 Å². The lowest BCUT2D eigenvalue weighted by molar-refractivity contribution is -0.126. The first-order chi connectivity index (χ1) is 15.8. The van der Waals surface area contributed by atoms with Gasteiger partial charge in [0.15, 0.2) is 0 Å². The Labute approximate surface area is 197 Å². The van der Waals surface area contributed by atoms with Gasteiger partial charge in [0, 0.05) is 28.6 Å². The predicted octanol–water partition coefficient (Wildman–Crippen LogP) is 3.32. The highest BCUT2D eigenvalue weighted by molar-refractivity contribution is 7.15. The number of aromatic nitrogens is 2. The number of nitrogens with two attached hydrogens (primary N) is 1. The average Bonchev–Trinajstić information content (AvgIpc) is 3.33. The number of H-pyrrole nitrogens is 1. The van der Waals surface area contributed by atoms with Crippen molar-refractivity contribution < 1.29 is 9.59 Å². The maximum Gasteiger partial charge on any atom is 0.250 e. The minimum Gasteiger partial charge on any atom is -0.366 e. The van der Waals surface area contributed by atoms with E-state index in [-0.39, 0.29) is 17.9 Å². The van der Waals surface area contributed by atoms with Crippen LogP contribution in [0.4, 0.5) is 0 Å². The highest BCUT2D eigenvalue weighted by Gasteiger charge is 2.31. The Morgan fingerprint density at radius 2 is 1.97 bits per heavy atom. The number of rotatable bonds is 4. The van der Waals surface area contributed by atoms with Crippen molar-refractivity contribution >= 4 is 34.1 Å². The number of amides is 2. The lowest BCUT2D eigenvalue weighted by Crippen LogP contribution is -2.46. The summed E-state index contributed by atoms with van der Waals surface area (Å²) >= 11 is 1.67. The third-order valence-electron chi connectivity index (χ3n) is 7.19. The number of nitrogens with one attached hydrogen (secondary N) is 2. The molecule has 1 aliphatic heterocycles. The Morgan fingerprint density at radius 1 is 1.21 bits per heavy atom. The summed E-state index contributed by atoms with van der Waals surface area (Å²) in [6, 6.07) is 4.07. The number of carbonyl (C=O) groups excluding carboxylic acids is 2. The van der Waals surface area contributed by atoms with Gasteiger partial charge < -0.3 is 20.9 Å². The molecule has 1 fully saturated rings. The fraction of sp³-hybridized carbons (Fsp3) is 0.480. The molecule has 1 saturated heterocycles. The first kappa shape index (κ1) is 22.1. The number of hydrogen-bond donors (Lipinski definition) is 3. The molecule has 7 nitrogen and oxygen atoms in total. The molecule has 3 heterocycles. The van der Waals surface area contributed by atoms with Crippen LogP contribution in [0.3, 0.4) is 0 Å². The molecule has 2 amide bonds. The van der Waals surface area contributed by atoms with Gasteiger partial charge in [-0.05, 0) is 77.7 Å². The molecule has 8 heteroatoms. The lowest BCUT2D eigenvalue weighted by atomic mass is 9.85. The number of fused-ring (bicyclic) bond motifs is 3. The number of piperidine rings is 1. The van der Waals surface area contributed by atoms with Crippen molar-refractivity contribution in [1.82, 2.24) is 20.2 Å². The van der Waals surface area contributed by atoms with Gasteiger partial charge >= 0.3 is 0 Å². The first-order valence-electron chi connectivity index (χ1n) is 11.7. The van der Waals surface area contributed by atoms with Gasteiger partial charge in [-0.1, -0.05) is 6.07 Å². The highest BCUT2D eigenvalue weighted by atomic mass is 32.1. The molecule has 0 saturated carbocycles. The van der Waals surface area contributed by atoms with Gasteiger partial charge in [0.2, 0.25) is 5.91 Å². The second-order valence-corrected chi connectivity index (χ2v) is 10.7. The van der Waals surface area contributed by atoms with Crippen LogP contribution in [-0.2, 0) is 17.6 Å². The fourth-order valence-electron chi connectivity index (χ4n) is 5.41. The molecule has 5 rings (SSSR count). The van der Waals surface area contributed by atoms with Crippen LogP contribution in [0.2, 0.25) is 0 Å². The number of carbonyl (C=O) groups is 2. The molecule has 2 aliphatic rings. The Morgan fingerprint density at radius 3 is 2.64 bits per heavy atom. The summed E-state index contributed by atoms with van der Waals surface area (Å²) in [5, 5.41) is 5.37. The van der Waals surface area contributed by atoms with Crippen LogP contribution in [0.1, 0.15) is 51.6 Å². The van der Waals surface area contributed by atoms with Gasteiger partial charge in [-0.3, -0.25) is 9.59 Å². The van der Waals surface area contributed by atoms with E-state index in [4.69, 9.17) is 5.73 Å². The molecule has 33 heavy (non-hydrogen) atoms. The predicted molar refractivity (Wildman–Crippen MR) is 132 cm³/mol. The summed E-state index contributed by atoms with van der Waals surface area (Å²) in [4.78, 5) is 36.8. The zero-order chi connectivity index (χ0) is 23.3. The third-order valence-corrected chi connectivity index (χ3v) is 8.30. The van der Waals surface area contributed by atoms with E-state index < -0.39 is 5.91 Å². The standard InChI is InChI=1S/C25H31N5O2S/c1-13-23(33-14(2)27-13)18-6-7-19(24(26)31)22-21(18)17-5-4-15(12-20(17)29-22)25(32)28-16-8-10-30(3)11-9-16/h6-7,15-16,29H,4-5,8-12H2,1-3H3,(H2,26,31)(H,28,32). The second-order valence-electron chi connectivity index (χ2n) is 9.53. The van der Waals surface area contributed by atoms with E-state index in [1.165, 1.54) is 5.56 Å². The molecule has 0 radical (unpaired) electrons. The SMILES string of the molecule is Cc1nc(C)c(-c2ccc(C(N)=O)c3[nH]c4c(c23)CCC(C(=O)NC2CCN(C)CC2)C4)s1. The monoisotopic (exact) mass is 465 g/mol. The van der Waals surface area contributed by atoms with E-state index >= 15 is 0 Å². The summed E-state index contributed by atoms with van der Waals surface area (Å²) < 4.78 is 0. The summed E-state index contributed by atoms with van der Waals surface area (Å²) in [5.74, 6) is -0.352. The number of hydrogen-bond acceptors (Lipinski definition) is 5. The Bertz CT molecular complexity index is 1240. The summed E-state index contributed by atoms with van der Waals surface area (Å²) in [5.41, 5.74) is 11.3. The smallest absolute Gasteiger partial charge is 0.250 e. The molecule has 1 aliphatic carbocycles. The van der Waals surface area contributed by atoms with E-state index in [0.717, 1.165) is 76.5 Å². The Hall–Kier alpha value is -2.71. The quantitative estimate of drug-likeness (QED) is 0.550. The van der Waals surface area contributed by atoms with Crippen LogP contribution < -0.4 is 11.1 Å². The van der Waals surface area contributed by atoms with E-state index in [0.29, 0.717) is 12.0 Å². The molecular formula is C25H31N5O2S. The summed E-state index contributed by atoms with van der Waals surface area (Å²) in [7, 11) is 2.13. The van der Waals surface area contributed by atoms with Crippen molar-refractivity contribution in [3.8, 4) is 10.4 Å². The third kappa shape index (κ3) is 4.06. The largest absolute Gasteiger partial charge is 0.366 e. The molecule has 0 bridgehead atoms. The number of thiazole rings is 1. The van der Waals surface area contributed by atoms with Gasteiger partial charge in [-0.15, -0.1) is 11.3 Å². The van der Waals surface area contributed by atoms with Crippen molar-refractivity contribution in [3.05, 3.63) is 39.7 Å². The van der Waals surface area contributed by atoms with Gasteiger partial charge in [0.25, 0.3) is 5.91 Å². The van der Waals surface area contributed by atoms with Gasteiger partial charge in [0.05, 0.1) is 26.7 Å². The normalized spacial score (nSPS) is 19.5. The Balaban J connectivity index is 1.48. The van der Waals surface area contributed by atoms with Gasteiger partial charge in [-0.25, -0.2) is 4.98 Å². The van der Waals surface area contributed by atoms with Crippen LogP contribution >= 0.6 is 11.3 Å². The van der Waals surface area contributed by atoms with Crippen LogP contribution in [-0.4, -0.2) is 52.9 Å². The molecule has 174 valence electrons. The van der Waals surface area contributed by atoms with E-state index in [9.17, 15) is 9.59 Å². The van der Waals surface area contributed by atoms with Crippen molar-refractivity contribution in [2.45, 2.75) is 52.0 Å². The molecule has 3 aromatic rings. The number of benzene rings is 1. The molecule has 0 spiro atoms. The van der Waals surface area contributed by atoms with Crippen molar-refractivity contribution in [2.24, 2.45) is 11.7 Å². The van der Waals surface area contributed by atoms with Gasteiger partial charge in [-0.2, -0.15) is 0 Å². The first-order valence-corrected chi connectivity index (χ1v) is 12.5. The van der Waals surface area contributed by atoms with Crippen molar-refractivity contribution in [1.29, 1.82) is 0 Å².